The van der Waals surface area contributed by atoms with Gasteiger partial charge in [-0.1, -0.05) is 0 Å². The first kappa shape index (κ1) is 30.0. The van der Waals surface area contributed by atoms with Gasteiger partial charge in [0.2, 0.25) is 0 Å². The topological polar surface area (TPSA) is 38.3 Å². The molecule has 3 nitrogen and oxygen atoms in total. The van der Waals surface area contributed by atoms with E-state index in [0.29, 0.717) is 5.56 Å². The number of carbonyl (C=O) groups is 1. The molecule has 2 unspecified atom stereocenters. The van der Waals surface area contributed by atoms with Crippen LogP contribution in [0, 0.1) is 11.3 Å². The van der Waals surface area contributed by atoms with E-state index in [9.17, 15) is 4.79 Å². The number of benzene rings is 2. The Morgan fingerprint density at radius 2 is 1.32 bits per heavy atom. The summed E-state index contributed by atoms with van der Waals surface area (Å²) in [4.78, 5) is 19.1. The van der Waals surface area contributed by atoms with E-state index in [1.807, 2.05) is 30.3 Å². The van der Waals surface area contributed by atoms with Crippen molar-refractivity contribution in [3.63, 3.8) is 0 Å². The van der Waals surface area contributed by atoms with Crippen molar-refractivity contribution in [2.45, 2.75) is 98.9 Å². The molecule has 0 radical (unpaired) electrons. The maximum absolute atomic E-state index is 13.1. The van der Waals surface area contributed by atoms with Crippen LogP contribution in [0.5, 0.6) is 0 Å². The van der Waals surface area contributed by atoms with Crippen molar-refractivity contribution >= 4 is 24.3 Å². The molecule has 0 aromatic heterocycles. The Kier molecular flexibility index (Phi) is 10.9. The quantitative estimate of drug-likeness (QED) is 0.171. The summed E-state index contributed by atoms with van der Waals surface area (Å²) < 4.78 is 6.08. The monoisotopic (exact) mass is 611 g/mol. The molecule has 37 heavy (non-hydrogen) atoms. The van der Waals surface area contributed by atoms with Gasteiger partial charge in [-0.3, -0.25) is 0 Å². The van der Waals surface area contributed by atoms with Crippen molar-refractivity contribution in [2.24, 2.45) is 11.3 Å². The van der Waals surface area contributed by atoms with Gasteiger partial charge in [-0.25, -0.2) is 0 Å². The van der Waals surface area contributed by atoms with E-state index >= 15 is 0 Å². The van der Waals surface area contributed by atoms with Crippen LogP contribution in [0.2, 0.25) is 13.3 Å². The predicted octanol–water partition coefficient (Wildman–Crippen LogP) is 9.23. The van der Waals surface area contributed by atoms with E-state index in [2.05, 4.69) is 83.4 Å². The van der Waals surface area contributed by atoms with Gasteiger partial charge in [0.1, 0.15) is 0 Å². The van der Waals surface area contributed by atoms with E-state index in [0.717, 1.165) is 0 Å². The Bertz CT molecular complexity index is 995. The molecule has 1 N–H and O–H groups in total. The van der Waals surface area contributed by atoms with Crippen molar-refractivity contribution in [3.05, 3.63) is 81.5 Å². The third kappa shape index (κ3) is 6.36. The number of carbonyl (C=O) groups excluding carboxylic acids is 1. The maximum atomic E-state index is 13.1. The van der Waals surface area contributed by atoms with Crippen LogP contribution in [0.25, 0.3) is 0 Å². The molecule has 0 aliphatic heterocycles. The Balaban J connectivity index is 2.08. The summed E-state index contributed by atoms with van der Waals surface area (Å²) in [6.07, 6.45) is 10.4. The molecule has 2 atom stereocenters. The molecule has 3 rings (SSSR count). The average molecular weight is 610 g/mol. The second-order valence-electron chi connectivity index (χ2n) is 11.7. The van der Waals surface area contributed by atoms with Gasteiger partial charge in [0.25, 0.3) is 0 Å². The van der Waals surface area contributed by atoms with E-state index in [-0.39, 0.29) is 17.3 Å². The summed E-state index contributed by atoms with van der Waals surface area (Å²) >= 11 is -2.72. The van der Waals surface area contributed by atoms with Crippen molar-refractivity contribution in [1.29, 1.82) is 0 Å². The van der Waals surface area contributed by atoms with Gasteiger partial charge in [0, 0.05) is 0 Å². The number of hydroxylamine groups is 1. The van der Waals surface area contributed by atoms with Gasteiger partial charge in [-0.05, 0) is 0 Å². The van der Waals surface area contributed by atoms with E-state index in [1.165, 1.54) is 57.4 Å². The molecule has 4 heteroatoms. The third-order valence-electron chi connectivity index (χ3n) is 8.83. The zero-order valence-corrected chi connectivity index (χ0v) is 27.0. The Morgan fingerprint density at radius 3 is 1.81 bits per heavy atom. The standard InChI is InChI=1S/C21H22NO2.3C4H9.Sn/c1-16-14-15-20(2,3)21(16,18-12-8-5-9-13-18)22-24-19(23)17-10-6-4-7-11-17;3*1-3-4-2;/h4-13,15-16,22H,1-3H3;3*1,3-4H2,2H3;. The molecule has 0 heterocycles. The fourth-order valence-corrected chi connectivity index (χ4v) is 25.3. The first-order valence-electron chi connectivity index (χ1n) is 14.6. The van der Waals surface area contributed by atoms with E-state index in [4.69, 9.17) is 4.84 Å². The zero-order valence-electron chi connectivity index (χ0n) is 24.1. The SMILES string of the molecule is CCC[CH2][Sn]([CH2]CCC)([CH2]CCC)[C]1=CC(C)(C)C(NOC(=O)c2ccccc2)(c2ccccc2)C1C. The van der Waals surface area contributed by atoms with Crippen LogP contribution < -0.4 is 5.48 Å². The first-order chi connectivity index (χ1) is 17.8. The fraction of sp³-hybridized carbons (Fsp3) is 0.545. The molecular formula is C33H49NO2Sn. The van der Waals surface area contributed by atoms with Gasteiger partial charge < -0.3 is 0 Å². The third-order valence-corrected chi connectivity index (χ3v) is 25.2. The molecule has 0 saturated carbocycles. The fourth-order valence-electron chi connectivity index (χ4n) is 6.75. The molecule has 0 saturated heterocycles. The van der Waals surface area contributed by atoms with Gasteiger partial charge >= 0.3 is 231 Å². The van der Waals surface area contributed by atoms with Crippen LogP contribution in [0.15, 0.2) is 70.3 Å². The Morgan fingerprint density at radius 1 is 0.838 bits per heavy atom. The van der Waals surface area contributed by atoms with Crippen LogP contribution in [0.4, 0.5) is 0 Å². The van der Waals surface area contributed by atoms with Gasteiger partial charge in [-0.2, -0.15) is 0 Å². The molecule has 0 amide bonds. The summed E-state index contributed by atoms with van der Waals surface area (Å²) in [6, 6.07) is 20.0. The Labute approximate surface area is 230 Å². The summed E-state index contributed by atoms with van der Waals surface area (Å²) in [5.41, 5.74) is 4.49. The van der Waals surface area contributed by atoms with Crippen LogP contribution in [0.3, 0.4) is 0 Å². The van der Waals surface area contributed by atoms with Crippen molar-refractivity contribution in [1.82, 2.24) is 5.48 Å². The minimum atomic E-state index is -2.72. The summed E-state index contributed by atoms with van der Waals surface area (Å²) in [7, 11) is 0. The Hall–Kier alpha value is -1.59. The zero-order chi connectivity index (χ0) is 26.9. The van der Waals surface area contributed by atoms with E-state index in [1.54, 1.807) is 3.59 Å². The normalized spacial score (nSPS) is 21.0. The second-order valence-corrected chi connectivity index (χ2v) is 24.9. The second kappa shape index (κ2) is 13.5. The molecule has 0 bridgehead atoms. The van der Waals surface area contributed by atoms with Crippen molar-refractivity contribution < 1.29 is 9.63 Å². The molecule has 2 aromatic carbocycles. The molecule has 2 aromatic rings. The van der Waals surface area contributed by atoms with Crippen molar-refractivity contribution in [2.75, 3.05) is 0 Å². The van der Waals surface area contributed by atoms with Crippen molar-refractivity contribution in [3.8, 4) is 0 Å². The first-order valence-corrected chi connectivity index (χ1v) is 22.1. The summed E-state index contributed by atoms with van der Waals surface area (Å²) in [5.74, 6) is -0.0695. The molecule has 1 aliphatic carbocycles. The number of hydrogen-bond donors (Lipinski definition) is 1. The van der Waals surface area contributed by atoms with Gasteiger partial charge in [0.15, 0.2) is 0 Å². The number of rotatable bonds is 14. The van der Waals surface area contributed by atoms with E-state index < -0.39 is 23.9 Å². The molecular weight excluding hydrogens is 561 g/mol. The van der Waals surface area contributed by atoms with Gasteiger partial charge in [0.05, 0.1) is 0 Å². The summed E-state index contributed by atoms with van der Waals surface area (Å²) in [5, 5.41) is 0. The van der Waals surface area contributed by atoms with Crippen LogP contribution in [-0.4, -0.2) is 24.3 Å². The average Bonchev–Trinajstić information content (AvgIpc) is 3.13. The van der Waals surface area contributed by atoms with Crippen LogP contribution >= 0.6 is 0 Å². The number of nitrogens with one attached hydrogen (secondary N) is 1. The van der Waals surface area contributed by atoms with Crippen LogP contribution in [0.1, 0.15) is 96.0 Å². The van der Waals surface area contributed by atoms with Crippen LogP contribution in [-0.2, 0) is 10.4 Å². The molecule has 202 valence electrons. The molecule has 1 aliphatic rings. The summed E-state index contributed by atoms with van der Waals surface area (Å²) in [6.45, 7) is 14.1. The van der Waals surface area contributed by atoms with Gasteiger partial charge in [-0.15, -0.1) is 0 Å². The molecule has 0 fully saturated rings. The predicted molar refractivity (Wildman–Crippen MR) is 159 cm³/mol. The number of hydrogen-bond acceptors (Lipinski definition) is 3. The molecule has 0 spiro atoms. The minimum absolute atomic E-state index is 0.215. The number of unbranched alkanes of at least 4 members (excludes halogenated alkanes) is 3.